The van der Waals surface area contributed by atoms with Crippen LogP contribution in [0.15, 0.2) is 48.0 Å². The monoisotopic (exact) mass is 277 g/mol. The summed E-state index contributed by atoms with van der Waals surface area (Å²) >= 11 is 9.29. The summed E-state index contributed by atoms with van der Waals surface area (Å²) in [5.74, 6) is 0. The topological polar surface area (TPSA) is 12.9 Å². The van der Waals surface area contributed by atoms with E-state index in [9.17, 15) is 0 Å². The lowest BCUT2D eigenvalue weighted by atomic mass is 10.2. The van der Waals surface area contributed by atoms with Gasteiger partial charge in [0, 0.05) is 11.2 Å². The van der Waals surface area contributed by atoms with Crippen molar-refractivity contribution >= 4 is 34.3 Å². The highest BCUT2D eigenvalue weighted by atomic mass is 35.5. The maximum atomic E-state index is 5.88. The number of thiazole rings is 1. The van der Waals surface area contributed by atoms with Crippen molar-refractivity contribution < 1.29 is 0 Å². The van der Waals surface area contributed by atoms with Crippen LogP contribution in [0.25, 0.3) is 20.3 Å². The minimum absolute atomic E-state index is 0.761. The van der Waals surface area contributed by atoms with E-state index in [0.717, 1.165) is 15.6 Å². The molecule has 2 aromatic heterocycles. The van der Waals surface area contributed by atoms with Gasteiger partial charge in [0.1, 0.15) is 5.01 Å². The summed E-state index contributed by atoms with van der Waals surface area (Å²) in [6.45, 7) is 0. The van der Waals surface area contributed by atoms with Gasteiger partial charge in [0.2, 0.25) is 0 Å². The normalized spacial score (nSPS) is 10.6. The molecule has 0 saturated carbocycles. The van der Waals surface area contributed by atoms with E-state index in [1.807, 2.05) is 36.5 Å². The zero-order valence-electron chi connectivity index (χ0n) is 8.76. The molecule has 0 unspecified atom stereocenters. The highest BCUT2D eigenvalue weighted by Gasteiger charge is 2.06. The van der Waals surface area contributed by atoms with Gasteiger partial charge in [-0.05, 0) is 29.1 Å². The van der Waals surface area contributed by atoms with Crippen LogP contribution in [0.5, 0.6) is 0 Å². The number of benzene rings is 1. The predicted octanol–water partition coefficient (Wildman–Crippen LogP) is 5.19. The van der Waals surface area contributed by atoms with Crippen LogP contribution in [0.2, 0.25) is 5.02 Å². The average Bonchev–Trinajstić information content (AvgIpc) is 3.00. The molecule has 0 saturated heterocycles. The number of hydrogen-bond acceptors (Lipinski definition) is 3. The van der Waals surface area contributed by atoms with Crippen LogP contribution in [0.4, 0.5) is 0 Å². The minimum atomic E-state index is 0.761. The lowest BCUT2D eigenvalue weighted by Gasteiger charge is -1.95. The Morgan fingerprint density at radius 1 is 1.00 bits per heavy atom. The Kier molecular flexibility index (Phi) is 2.97. The number of thiophene rings is 1. The van der Waals surface area contributed by atoms with Crippen molar-refractivity contribution in [2.45, 2.75) is 0 Å². The van der Waals surface area contributed by atoms with Crippen LogP contribution >= 0.6 is 34.3 Å². The quantitative estimate of drug-likeness (QED) is 0.628. The number of rotatable bonds is 2. The molecule has 0 atom stereocenters. The number of hydrogen-bond donors (Lipinski definition) is 0. The molecule has 3 aromatic rings. The zero-order chi connectivity index (χ0) is 11.7. The second kappa shape index (κ2) is 4.61. The molecule has 0 aliphatic carbocycles. The van der Waals surface area contributed by atoms with E-state index in [1.165, 1.54) is 9.75 Å². The molecule has 0 spiro atoms. The van der Waals surface area contributed by atoms with Crippen LogP contribution in [-0.2, 0) is 0 Å². The first-order valence-electron chi connectivity index (χ1n) is 5.08. The van der Waals surface area contributed by atoms with Gasteiger partial charge in [-0.3, -0.25) is 0 Å². The van der Waals surface area contributed by atoms with Crippen LogP contribution in [0.3, 0.4) is 0 Å². The third-order valence-electron chi connectivity index (χ3n) is 2.37. The molecular formula is C13H8ClNS2. The minimum Gasteiger partial charge on any atom is -0.243 e. The van der Waals surface area contributed by atoms with Crippen molar-refractivity contribution in [3.63, 3.8) is 0 Å². The van der Waals surface area contributed by atoms with Crippen LogP contribution < -0.4 is 0 Å². The first-order chi connectivity index (χ1) is 8.33. The van der Waals surface area contributed by atoms with E-state index in [2.05, 4.69) is 16.4 Å². The molecule has 4 heteroatoms. The smallest absolute Gasteiger partial charge is 0.133 e. The van der Waals surface area contributed by atoms with Gasteiger partial charge in [-0.2, -0.15) is 0 Å². The maximum absolute atomic E-state index is 5.88. The van der Waals surface area contributed by atoms with Gasteiger partial charge in [0.25, 0.3) is 0 Å². The van der Waals surface area contributed by atoms with Gasteiger partial charge in [-0.15, -0.1) is 22.7 Å². The number of halogens is 1. The summed E-state index contributed by atoms with van der Waals surface area (Å²) in [5, 5.41) is 3.90. The van der Waals surface area contributed by atoms with Gasteiger partial charge >= 0.3 is 0 Å². The Hall–Kier alpha value is -1.16. The predicted molar refractivity (Wildman–Crippen MR) is 75.9 cm³/mol. The van der Waals surface area contributed by atoms with Crippen molar-refractivity contribution in [3.8, 4) is 20.3 Å². The summed E-state index contributed by atoms with van der Waals surface area (Å²) in [6.07, 6.45) is 1.92. The molecule has 0 amide bonds. The molecular weight excluding hydrogens is 270 g/mol. The van der Waals surface area contributed by atoms with Crippen LogP contribution in [-0.4, -0.2) is 4.98 Å². The fraction of sp³-hybridized carbons (Fsp3) is 0. The molecule has 0 bridgehead atoms. The average molecular weight is 278 g/mol. The number of nitrogens with zero attached hydrogens (tertiary/aromatic N) is 1. The molecule has 84 valence electrons. The van der Waals surface area contributed by atoms with Crippen LogP contribution in [0, 0.1) is 0 Å². The molecule has 17 heavy (non-hydrogen) atoms. The molecule has 0 aliphatic heterocycles. The zero-order valence-corrected chi connectivity index (χ0v) is 11.1. The highest BCUT2D eigenvalue weighted by molar-refractivity contribution is 7.22. The molecule has 1 aromatic carbocycles. The second-order valence-corrected chi connectivity index (χ2v) is 5.93. The molecule has 1 nitrogen and oxygen atoms in total. The Bertz CT molecular complexity index is 611. The second-order valence-electron chi connectivity index (χ2n) is 3.51. The molecule has 2 heterocycles. The molecule has 3 rings (SSSR count). The lowest BCUT2D eigenvalue weighted by molar-refractivity contribution is 1.43. The molecule has 0 radical (unpaired) electrons. The summed E-state index contributed by atoms with van der Waals surface area (Å²) in [4.78, 5) is 6.84. The van der Waals surface area contributed by atoms with E-state index in [-0.39, 0.29) is 0 Å². The summed E-state index contributed by atoms with van der Waals surface area (Å²) in [6, 6.07) is 12.0. The first-order valence-corrected chi connectivity index (χ1v) is 7.16. The first kappa shape index (κ1) is 11.0. The summed E-state index contributed by atoms with van der Waals surface area (Å²) in [5.41, 5.74) is 1.16. The Morgan fingerprint density at radius 3 is 2.53 bits per heavy atom. The lowest BCUT2D eigenvalue weighted by Crippen LogP contribution is -1.70. The molecule has 0 aliphatic rings. The van der Waals surface area contributed by atoms with Gasteiger partial charge in [0.15, 0.2) is 0 Å². The standard InChI is InChI=1S/C13H8ClNS2/c14-10-5-3-9(4-6-10)12-8-15-13(17-12)11-2-1-7-16-11/h1-8H. The SMILES string of the molecule is Clc1ccc(-c2cnc(-c3cccs3)s2)cc1. The molecule has 0 fully saturated rings. The largest absolute Gasteiger partial charge is 0.243 e. The van der Waals surface area contributed by atoms with E-state index in [4.69, 9.17) is 11.6 Å². The third-order valence-corrected chi connectivity index (χ3v) is 4.70. The van der Waals surface area contributed by atoms with Crippen molar-refractivity contribution in [2.24, 2.45) is 0 Å². The highest BCUT2D eigenvalue weighted by Crippen LogP contribution is 2.34. The fourth-order valence-electron chi connectivity index (χ4n) is 1.54. The van der Waals surface area contributed by atoms with Crippen molar-refractivity contribution in [3.05, 3.63) is 53.0 Å². The number of aromatic nitrogens is 1. The van der Waals surface area contributed by atoms with E-state index < -0.39 is 0 Å². The Morgan fingerprint density at radius 2 is 1.82 bits per heavy atom. The van der Waals surface area contributed by atoms with Crippen molar-refractivity contribution in [1.29, 1.82) is 0 Å². The summed E-state index contributed by atoms with van der Waals surface area (Å²) < 4.78 is 0. The Balaban J connectivity index is 1.98. The van der Waals surface area contributed by atoms with Gasteiger partial charge in [-0.25, -0.2) is 4.98 Å². The van der Waals surface area contributed by atoms with E-state index in [0.29, 0.717) is 0 Å². The van der Waals surface area contributed by atoms with Gasteiger partial charge in [-0.1, -0.05) is 29.8 Å². The van der Waals surface area contributed by atoms with Gasteiger partial charge in [0.05, 0.1) is 9.75 Å². The van der Waals surface area contributed by atoms with Gasteiger partial charge < -0.3 is 0 Å². The summed E-state index contributed by atoms with van der Waals surface area (Å²) in [7, 11) is 0. The van der Waals surface area contributed by atoms with E-state index in [1.54, 1.807) is 22.7 Å². The van der Waals surface area contributed by atoms with E-state index >= 15 is 0 Å². The Labute approximate surface area is 112 Å². The van der Waals surface area contributed by atoms with Crippen molar-refractivity contribution in [2.75, 3.05) is 0 Å². The van der Waals surface area contributed by atoms with Crippen molar-refractivity contribution in [1.82, 2.24) is 4.98 Å². The fourth-order valence-corrected chi connectivity index (χ4v) is 3.39. The van der Waals surface area contributed by atoms with Crippen LogP contribution in [0.1, 0.15) is 0 Å². The molecule has 0 N–H and O–H groups in total. The maximum Gasteiger partial charge on any atom is 0.133 e. The third kappa shape index (κ3) is 2.27.